The van der Waals surface area contributed by atoms with E-state index in [4.69, 9.17) is 26.1 Å². The van der Waals surface area contributed by atoms with E-state index >= 15 is 0 Å². The van der Waals surface area contributed by atoms with Gasteiger partial charge in [0.1, 0.15) is 11.3 Å². The first kappa shape index (κ1) is 17.0. The predicted molar refractivity (Wildman–Crippen MR) is 97.4 cm³/mol. The minimum Gasteiger partial charge on any atom is -0.381 e. The molecule has 2 saturated heterocycles. The fraction of sp³-hybridized carbons (Fsp3) is 0.588. The van der Waals surface area contributed by atoms with Crippen LogP contribution >= 0.6 is 23.1 Å². The molecule has 0 amide bonds. The molecule has 0 saturated carbocycles. The Bertz CT molecular complexity index is 828. The Morgan fingerprint density at radius 2 is 2.16 bits per heavy atom. The fourth-order valence-electron chi connectivity index (χ4n) is 3.61. The first-order valence-electron chi connectivity index (χ1n) is 8.44. The van der Waals surface area contributed by atoms with Crippen LogP contribution in [0.1, 0.15) is 25.3 Å². The quantitative estimate of drug-likeness (QED) is 0.799. The third kappa shape index (κ3) is 2.87. The Morgan fingerprint density at radius 3 is 2.88 bits per heavy atom. The molecule has 8 heteroatoms. The summed E-state index contributed by atoms with van der Waals surface area (Å²) in [6.07, 6.45) is 1.35. The van der Waals surface area contributed by atoms with E-state index in [1.54, 1.807) is 0 Å². The van der Waals surface area contributed by atoms with Crippen molar-refractivity contribution in [1.82, 2.24) is 9.36 Å². The maximum absolute atomic E-state index is 10.0. The van der Waals surface area contributed by atoms with Gasteiger partial charge in [-0.2, -0.15) is 9.64 Å². The second-order valence-corrected chi connectivity index (χ2v) is 7.73. The number of morpholine rings is 1. The van der Waals surface area contributed by atoms with E-state index in [9.17, 15) is 5.26 Å². The molecule has 2 fully saturated rings. The summed E-state index contributed by atoms with van der Waals surface area (Å²) in [5.41, 5.74) is 1.11. The molecule has 4 rings (SSSR count). The summed E-state index contributed by atoms with van der Waals surface area (Å²) < 4.78 is 16.2. The van der Waals surface area contributed by atoms with E-state index < -0.39 is 5.41 Å². The number of hydrogen-bond donors (Lipinski definition) is 0. The second kappa shape index (κ2) is 6.69. The fourth-order valence-corrected chi connectivity index (χ4v) is 4.75. The summed E-state index contributed by atoms with van der Waals surface area (Å²) in [5.74, 6) is 0.849. The SMILES string of the molecule is CC1COCCN1c1cc(C2(C#N)CCOCC2)c2snc(Cl)c2n1. The van der Waals surface area contributed by atoms with Gasteiger partial charge in [-0.05, 0) is 42.9 Å². The molecule has 1 unspecified atom stereocenters. The molecular formula is C17H19ClN4O2S. The van der Waals surface area contributed by atoms with E-state index in [0.29, 0.717) is 49.9 Å². The summed E-state index contributed by atoms with van der Waals surface area (Å²) in [4.78, 5) is 7.00. The molecule has 132 valence electrons. The van der Waals surface area contributed by atoms with Gasteiger partial charge in [0.2, 0.25) is 0 Å². The van der Waals surface area contributed by atoms with Gasteiger partial charge in [0.05, 0.1) is 35.4 Å². The number of nitriles is 1. The number of fused-ring (bicyclic) bond motifs is 1. The van der Waals surface area contributed by atoms with E-state index in [1.165, 1.54) is 11.5 Å². The summed E-state index contributed by atoms with van der Waals surface area (Å²) in [5, 5.41) is 10.4. The van der Waals surface area contributed by atoms with Crippen molar-refractivity contribution in [3.05, 3.63) is 16.8 Å². The van der Waals surface area contributed by atoms with Gasteiger partial charge >= 0.3 is 0 Å². The van der Waals surface area contributed by atoms with Crippen LogP contribution in [-0.4, -0.2) is 48.4 Å². The number of nitrogens with zero attached hydrogens (tertiary/aromatic N) is 4. The Morgan fingerprint density at radius 1 is 1.36 bits per heavy atom. The highest BCUT2D eigenvalue weighted by molar-refractivity contribution is 7.14. The molecule has 0 N–H and O–H groups in total. The van der Waals surface area contributed by atoms with Gasteiger partial charge in [0.15, 0.2) is 5.15 Å². The summed E-state index contributed by atoms with van der Waals surface area (Å²) in [7, 11) is 0. The monoisotopic (exact) mass is 378 g/mol. The number of aromatic nitrogens is 2. The summed E-state index contributed by atoms with van der Waals surface area (Å²) in [6.45, 7) is 5.41. The number of hydrogen-bond acceptors (Lipinski definition) is 7. The van der Waals surface area contributed by atoms with E-state index in [-0.39, 0.29) is 6.04 Å². The molecule has 2 aromatic heterocycles. The van der Waals surface area contributed by atoms with Gasteiger partial charge in [-0.3, -0.25) is 0 Å². The standard InChI is InChI=1S/C17H19ClN4O2S/c1-11-9-24-7-4-22(11)13-8-12(15-14(20-13)16(18)21-25-15)17(10-19)2-5-23-6-3-17/h8,11H,2-7,9H2,1H3. The smallest absolute Gasteiger partial charge is 0.169 e. The highest BCUT2D eigenvalue weighted by atomic mass is 35.5. The van der Waals surface area contributed by atoms with Gasteiger partial charge < -0.3 is 14.4 Å². The number of pyridine rings is 1. The first-order valence-corrected chi connectivity index (χ1v) is 9.59. The molecule has 2 aliphatic heterocycles. The Kier molecular flexibility index (Phi) is 4.54. The Hall–Kier alpha value is -1.46. The highest BCUT2D eigenvalue weighted by Gasteiger charge is 2.38. The Labute approximate surface area is 155 Å². The maximum Gasteiger partial charge on any atom is 0.169 e. The first-order chi connectivity index (χ1) is 12.1. The van der Waals surface area contributed by atoms with Crippen molar-refractivity contribution in [2.45, 2.75) is 31.2 Å². The van der Waals surface area contributed by atoms with E-state index in [0.717, 1.165) is 22.6 Å². The zero-order valence-electron chi connectivity index (χ0n) is 14.0. The maximum atomic E-state index is 10.0. The topological polar surface area (TPSA) is 71.3 Å². The minimum atomic E-state index is -0.570. The lowest BCUT2D eigenvalue weighted by Crippen LogP contribution is -2.44. The Balaban J connectivity index is 1.89. The molecule has 6 nitrogen and oxygen atoms in total. The van der Waals surface area contributed by atoms with Crippen LogP contribution in [0.2, 0.25) is 5.15 Å². The third-order valence-electron chi connectivity index (χ3n) is 5.11. The molecule has 0 aromatic carbocycles. The van der Waals surface area contributed by atoms with Crippen LogP contribution in [0.15, 0.2) is 6.07 Å². The predicted octanol–water partition coefficient (Wildman–Crippen LogP) is 3.14. The average Bonchev–Trinajstić information content (AvgIpc) is 3.03. The molecule has 2 aromatic rings. The zero-order chi connectivity index (χ0) is 17.4. The van der Waals surface area contributed by atoms with Crippen LogP contribution < -0.4 is 4.90 Å². The number of rotatable bonds is 2. The van der Waals surface area contributed by atoms with E-state index in [2.05, 4.69) is 28.3 Å². The average molecular weight is 379 g/mol. The number of anilines is 1. The lowest BCUT2D eigenvalue weighted by Gasteiger charge is -2.36. The molecule has 0 bridgehead atoms. The molecule has 0 aliphatic carbocycles. The van der Waals surface area contributed by atoms with Crippen molar-refractivity contribution in [1.29, 1.82) is 5.26 Å². The minimum absolute atomic E-state index is 0.227. The van der Waals surface area contributed by atoms with Crippen LogP contribution in [0.25, 0.3) is 10.2 Å². The van der Waals surface area contributed by atoms with Crippen LogP contribution in [0, 0.1) is 11.3 Å². The molecular weight excluding hydrogens is 360 g/mol. The van der Waals surface area contributed by atoms with Crippen LogP contribution in [-0.2, 0) is 14.9 Å². The molecule has 0 spiro atoms. The van der Waals surface area contributed by atoms with Crippen molar-refractivity contribution in [3.63, 3.8) is 0 Å². The van der Waals surface area contributed by atoms with Crippen LogP contribution in [0.5, 0.6) is 0 Å². The van der Waals surface area contributed by atoms with Gasteiger partial charge in [-0.25, -0.2) is 4.98 Å². The molecule has 0 radical (unpaired) electrons. The van der Waals surface area contributed by atoms with Gasteiger partial charge in [-0.15, -0.1) is 0 Å². The molecule has 4 heterocycles. The zero-order valence-corrected chi connectivity index (χ0v) is 15.6. The number of halogens is 1. The molecule has 25 heavy (non-hydrogen) atoms. The molecule has 1 atom stereocenters. The van der Waals surface area contributed by atoms with Crippen molar-refractivity contribution in [2.24, 2.45) is 0 Å². The van der Waals surface area contributed by atoms with Crippen molar-refractivity contribution in [3.8, 4) is 6.07 Å². The summed E-state index contributed by atoms with van der Waals surface area (Å²) in [6, 6.07) is 4.85. The van der Waals surface area contributed by atoms with Crippen LogP contribution in [0.3, 0.4) is 0 Å². The number of ether oxygens (including phenoxy) is 2. The van der Waals surface area contributed by atoms with Crippen LogP contribution in [0.4, 0.5) is 5.82 Å². The van der Waals surface area contributed by atoms with Crippen molar-refractivity contribution in [2.75, 3.05) is 37.9 Å². The van der Waals surface area contributed by atoms with Crippen molar-refractivity contribution >= 4 is 39.2 Å². The van der Waals surface area contributed by atoms with Crippen molar-refractivity contribution < 1.29 is 9.47 Å². The largest absolute Gasteiger partial charge is 0.381 e. The lowest BCUT2D eigenvalue weighted by atomic mass is 9.75. The summed E-state index contributed by atoms with van der Waals surface area (Å²) >= 11 is 7.63. The lowest BCUT2D eigenvalue weighted by molar-refractivity contribution is 0.0679. The van der Waals surface area contributed by atoms with Gasteiger partial charge in [0.25, 0.3) is 0 Å². The highest BCUT2D eigenvalue weighted by Crippen LogP contribution is 2.42. The van der Waals surface area contributed by atoms with Gasteiger partial charge in [0, 0.05) is 19.8 Å². The normalized spacial score (nSPS) is 23.6. The molecule has 2 aliphatic rings. The van der Waals surface area contributed by atoms with E-state index in [1.807, 2.05) is 0 Å². The van der Waals surface area contributed by atoms with Gasteiger partial charge in [-0.1, -0.05) is 11.6 Å². The second-order valence-electron chi connectivity index (χ2n) is 6.60. The third-order valence-corrected chi connectivity index (χ3v) is 6.34.